The molecule has 0 saturated carbocycles. The second-order valence-electron chi connectivity index (χ2n) is 2.71. The van der Waals surface area contributed by atoms with Gasteiger partial charge in [-0.15, -0.1) is 0 Å². The average Bonchev–Trinajstić information content (AvgIpc) is 1.96. The van der Waals surface area contributed by atoms with Gasteiger partial charge < -0.3 is 14.9 Å². The number of unbranched alkanes of at least 4 members (excludes halogenated alkanes) is 2. The van der Waals surface area contributed by atoms with Gasteiger partial charge in [0, 0.05) is 13.2 Å². The smallest absolute Gasteiger partial charge is 0.0745 e. The summed E-state index contributed by atoms with van der Waals surface area (Å²) < 4.78 is 5.11. The van der Waals surface area contributed by atoms with Gasteiger partial charge in [-0.1, -0.05) is 0 Å². The van der Waals surface area contributed by atoms with Crippen LogP contribution in [0.15, 0.2) is 0 Å². The lowest BCUT2D eigenvalue weighted by molar-refractivity contribution is 0.0442. The summed E-state index contributed by atoms with van der Waals surface area (Å²) in [5, 5.41) is 17.2. The van der Waals surface area contributed by atoms with Crippen molar-refractivity contribution in [2.75, 3.05) is 19.8 Å². The number of aliphatic hydroxyl groups excluding tert-OH is 2. The van der Waals surface area contributed by atoms with E-state index in [2.05, 4.69) is 0 Å². The Bertz CT molecular complexity index is 73.7. The van der Waals surface area contributed by atoms with E-state index in [1.807, 2.05) is 0 Å². The molecule has 0 aliphatic rings. The highest BCUT2D eigenvalue weighted by Crippen LogP contribution is 1.94. The molecule has 0 fully saturated rings. The zero-order valence-corrected chi connectivity index (χ0v) is 7.12. The van der Waals surface area contributed by atoms with Crippen molar-refractivity contribution in [1.29, 1.82) is 0 Å². The summed E-state index contributed by atoms with van der Waals surface area (Å²) in [7, 11) is 0. The van der Waals surface area contributed by atoms with Crippen molar-refractivity contribution in [2.24, 2.45) is 0 Å². The fraction of sp³-hybridized carbons (Fsp3) is 1.00. The molecule has 0 heterocycles. The van der Waals surface area contributed by atoms with Gasteiger partial charge in [-0.3, -0.25) is 0 Å². The lowest BCUT2D eigenvalue weighted by atomic mass is 10.2. The quantitative estimate of drug-likeness (QED) is 0.537. The summed E-state index contributed by atoms with van der Waals surface area (Å²) in [6.07, 6.45) is 2.44. The van der Waals surface area contributed by atoms with Gasteiger partial charge in [0.1, 0.15) is 0 Å². The van der Waals surface area contributed by atoms with Crippen LogP contribution in [-0.4, -0.2) is 36.1 Å². The Kier molecular flexibility index (Phi) is 7.89. The largest absolute Gasteiger partial charge is 0.396 e. The molecule has 11 heavy (non-hydrogen) atoms. The zero-order chi connectivity index (χ0) is 8.53. The van der Waals surface area contributed by atoms with Crippen LogP contribution in [-0.2, 0) is 4.74 Å². The number of ether oxygens (including phenoxy) is 1. The molecule has 0 spiro atoms. The molecule has 0 bridgehead atoms. The van der Waals surface area contributed by atoms with Crippen molar-refractivity contribution in [3.05, 3.63) is 0 Å². The summed E-state index contributed by atoms with van der Waals surface area (Å²) in [6, 6.07) is 0. The van der Waals surface area contributed by atoms with Crippen LogP contribution in [0.1, 0.15) is 26.2 Å². The molecule has 3 heteroatoms. The summed E-state index contributed by atoms with van der Waals surface area (Å²) in [6.45, 7) is 3.06. The molecular weight excluding hydrogens is 144 g/mol. The molecule has 0 radical (unpaired) electrons. The maximum atomic E-state index is 8.79. The van der Waals surface area contributed by atoms with E-state index in [-0.39, 0.29) is 12.7 Å². The van der Waals surface area contributed by atoms with E-state index in [1.54, 1.807) is 6.92 Å². The van der Waals surface area contributed by atoms with Crippen molar-refractivity contribution in [3.8, 4) is 0 Å². The fourth-order valence-corrected chi connectivity index (χ4v) is 0.747. The Hall–Kier alpha value is -0.120. The van der Waals surface area contributed by atoms with Crippen LogP contribution in [0.25, 0.3) is 0 Å². The van der Waals surface area contributed by atoms with Crippen LogP contribution in [0.5, 0.6) is 0 Å². The molecule has 1 unspecified atom stereocenters. The summed E-state index contributed by atoms with van der Waals surface area (Å²) in [5.74, 6) is 0. The SMILES string of the molecule is CC(O)COCCCCCO. The van der Waals surface area contributed by atoms with E-state index in [9.17, 15) is 0 Å². The molecular formula is C8H18O3. The fourth-order valence-electron chi connectivity index (χ4n) is 0.747. The Morgan fingerprint density at radius 1 is 1.27 bits per heavy atom. The minimum atomic E-state index is -0.368. The molecule has 0 aromatic carbocycles. The third-order valence-electron chi connectivity index (χ3n) is 1.31. The van der Waals surface area contributed by atoms with Crippen LogP contribution >= 0.6 is 0 Å². The molecule has 68 valence electrons. The first kappa shape index (κ1) is 10.9. The number of hydrogen-bond acceptors (Lipinski definition) is 3. The molecule has 3 nitrogen and oxygen atoms in total. The lowest BCUT2D eigenvalue weighted by Crippen LogP contribution is -2.10. The second-order valence-corrected chi connectivity index (χ2v) is 2.71. The predicted octanol–water partition coefficient (Wildman–Crippen LogP) is 0.546. The third-order valence-corrected chi connectivity index (χ3v) is 1.31. The molecule has 0 aromatic rings. The van der Waals surface area contributed by atoms with Gasteiger partial charge in [0.25, 0.3) is 0 Å². The minimum absolute atomic E-state index is 0.260. The summed E-state index contributed by atoms with van der Waals surface area (Å²) >= 11 is 0. The van der Waals surface area contributed by atoms with Crippen molar-refractivity contribution in [3.63, 3.8) is 0 Å². The van der Waals surface area contributed by atoms with E-state index in [1.165, 1.54) is 0 Å². The Balaban J connectivity index is 2.80. The first-order valence-electron chi connectivity index (χ1n) is 4.14. The first-order chi connectivity index (χ1) is 5.27. The van der Waals surface area contributed by atoms with E-state index >= 15 is 0 Å². The maximum absolute atomic E-state index is 8.79. The highest BCUT2D eigenvalue weighted by atomic mass is 16.5. The summed E-state index contributed by atoms with van der Waals surface area (Å²) in [5.41, 5.74) is 0. The summed E-state index contributed by atoms with van der Waals surface area (Å²) in [4.78, 5) is 0. The number of aliphatic hydroxyl groups is 2. The standard InChI is InChI=1S/C8H18O3/c1-8(10)7-11-6-4-2-3-5-9/h8-10H,2-7H2,1H3. The molecule has 1 atom stereocenters. The van der Waals surface area contributed by atoms with Crippen LogP contribution in [0.3, 0.4) is 0 Å². The molecule has 0 aromatic heterocycles. The molecule has 0 aliphatic heterocycles. The third kappa shape index (κ3) is 9.88. The van der Waals surface area contributed by atoms with Gasteiger partial charge in [-0.05, 0) is 26.2 Å². The minimum Gasteiger partial charge on any atom is -0.396 e. The van der Waals surface area contributed by atoms with Crippen LogP contribution in [0.4, 0.5) is 0 Å². The molecule has 0 amide bonds. The Labute approximate surface area is 68.0 Å². The number of hydrogen-bond donors (Lipinski definition) is 2. The second kappa shape index (κ2) is 7.98. The molecule has 2 N–H and O–H groups in total. The highest BCUT2D eigenvalue weighted by Gasteiger charge is 1.94. The van der Waals surface area contributed by atoms with Crippen LogP contribution in [0.2, 0.25) is 0 Å². The van der Waals surface area contributed by atoms with Crippen LogP contribution < -0.4 is 0 Å². The lowest BCUT2D eigenvalue weighted by Gasteiger charge is -2.04. The Morgan fingerprint density at radius 3 is 2.55 bits per heavy atom. The van der Waals surface area contributed by atoms with E-state index in [0.29, 0.717) is 13.2 Å². The first-order valence-corrected chi connectivity index (χ1v) is 4.14. The Morgan fingerprint density at radius 2 is 2.00 bits per heavy atom. The maximum Gasteiger partial charge on any atom is 0.0745 e. The van der Waals surface area contributed by atoms with Crippen molar-refractivity contribution >= 4 is 0 Å². The number of rotatable bonds is 7. The van der Waals surface area contributed by atoms with Crippen LogP contribution in [0, 0.1) is 0 Å². The van der Waals surface area contributed by atoms with Gasteiger partial charge in [-0.25, -0.2) is 0 Å². The average molecular weight is 162 g/mol. The van der Waals surface area contributed by atoms with Crippen molar-refractivity contribution in [2.45, 2.75) is 32.3 Å². The van der Waals surface area contributed by atoms with Gasteiger partial charge in [-0.2, -0.15) is 0 Å². The van der Waals surface area contributed by atoms with E-state index < -0.39 is 0 Å². The van der Waals surface area contributed by atoms with Gasteiger partial charge >= 0.3 is 0 Å². The zero-order valence-electron chi connectivity index (χ0n) is 7.12. The van der Waals surface area contributed by atoms with E-state index in [4.69, 9.17) is 14.9 Å². The van der Waals surface area contributed by atoms with E-state index in [0.717, 1.165) is 19.3 Å². The normalized spacial score (nSPS) is 13.4. The van der Waals surface area contributed by atoms with Gasteiger partial charge in [0.2, 0.25) is 0 Å². The van der Waals surface area contributed by atoms with Gasteiger partial charge in [0.15, 0.2) is 0 Å². The molecule has 0 aliphatic carbocycles. The van der Waals surface area contributed by atoms with Gasteiger partial charge in [0.05, 0.1) is 12.7 Å². The van der Waals surface area contributed by atoms with Crippen molar-refractivity contribution < 1.29 is 14.9 Å². The molecule has 0 rings (SSSR count). The topological polar surface area (TPSA) is 49.7 Å². The van der Waals surface area contributed by atoms with Crippen molar-refractivity contribution in [1.82, 2.24) is 0 Å². The highest BCUT2D eigenvalue weighted by molar-refractivity contribution is 4.43. The monoisotopic (exact) mass is 162 g/mol. The predicted molar refractivity (Wildman–Crippen MR) is 43.4 cm³/mol. The molecule has 0 saturated heterocycles.